The number of nitrogens with one attached hydrogen (secondary N) is 1. The van der Waals surface area contributed by atoms with Crippen molar-refractivity contribution in [1.82, 2.24) is 19.5 Å². The first-order valence-electron chi connectivity index (χ1n) is 13.2. The van der Waals surface area contributed by atoms with Crippen molar-refractivity contribution in [3.05, 3.63) is 78.1 Å². The molecule has 1 N–H and O–H groups in total. The van der Waals surface area contributed by atoms with Crippen LogP contribution in [0.5, 0.6) is 0 Å². The van der Waals surface area contributed by atoms with Crippen molar-refractivity contribution < 1.29 is 27.6 Å². The molecule has 11 heteroatoms. The SMILES string of the molecule is CC(C)CC(NC(=O)c1ccc2ccccc2c1)C(=O)N1CCC2C1C(=O)CN2S(=O)(=O)C(=O)c1cccnc1. The summed E-state index contributed by atoms with van der Waals surface area (Å²) < 4.78 is 27.3. The van der Waals surface area contributed by atoms with Gasteiger partial charge in [0, 0.05) is 24.5 Å². The molecule has 208 valence electrons. The standard InChI is InChI=1S/C29H30N4O6S/c1-18(2)14-23(31-27(35)21-10-9-19-6-3-4-7-20(19)15-21)28(36)32-13-11-24-26(32)25(34)17-33(24)40(38,39)29(37)22-8-5-12-30-16-22/h3-10,12,15-16,18,23-24,26H,11,13-14,17H2,1-2H3,(H,31,35). The van der Waals surface area contributed by atoms with Gasteiger partial charge in [-0.05, 0) is 53.8 Å². The van der Waals surface area contributed by atoms with Gasteiger partial charge in [-0.15, -0.1) is 0 Å². The lowest BCUT2D eigenvalue weighted by Crippen LogP contribution is -2.53. The monoisotopic (exact) mass is 562 g/mol. The summed E-state index contributed by atoms with van der Waals surface area (Å²) in [6, 6.07) is 13.0. The second kappa shape index (κ2) is 10.9. The molecular weight excluding hydrogens is 532 g/mol. The van der Waals surface area contributed by atoms with E-state index in [1.54, 1.807) is 12.1 Å². The van der Waals surface area contributed by atoms with Crippen molar-refractivity contribution in [2.75, 3.05) is 13.1 Å². The molecule has 0 radical (unpaired) electrons. The predicted molar refractivity (Wildman–Crippen MR) is 148 cm³/mol. The third kappa shape index (κ3) is 5.14. The molecule has 2 amide bonds. The molecule has 3 heterocycles. The lowest BCUT2D eigenvalue weighted by Gasteiger charge is -2.29. The van der Waals surface area contributed by atoms with Crippen molar-refractivity contribution in [2.24, 2.45) is 5.92 Å². The summed E-state index contributed by atoms with van der Waals surface area (Å²) in [7, 11) is -4.51. The Balaban J connectivity index is 1.35. The summed E-state index contributed by atoms with van der Waals surface area (Å²) in [6.45, 7) is 3.49. The Hall–Kier alpha value is -3.96. The molecule has 2 saturated heterocycles. The van der Waals surface area contributed by atoms with E-state index < -0.39 is 57.4 Å². The van der Waals surface area contributed by atoms with Crippen LogP contribution in [0.15, 0.2) is 67.0 Å². The molecule has 3 aromatic rings. The molecule has 2 aromatic carbocycles. The molecular formula is C29H30N4O6S. The van der Waals surface area contributed by atoms with Crippen LogP contribution in [0.2, 0.25) is 0 Å². The highest BCUT2D eigenvalue weighted by molar-refractivity contribution is 8.04. The summed E-state index contributed by atoms with van der Waals surface area (Å²) in [5.74, 6) is -1.26. The molecule has 2 aliphatic heterocycles. The largest absolute Gasteiger partial charge is 0.340 e. The van der Waals surface area contributed by atoms with Gasteiger partial charge in [-0.1, -0.05) is 44.2 Å². The molecule has 2 aliphatic rings. The molecule has 0 spiro atoms. The lowest BCUT2D eigenvalue weighted by molar-refractivity contribution is -0.138. The number of nitrogens with zero attached hydrogens (tertiary/aromatic N) is 3. The summed E-state index contributed by atoms with van der Waals surface area (Å²) >= 11 is 0. The first-order chi connectivity index (χ1) is 19.1. The Morgan fingerprint density at radius 3 is 2.48 bits per heavy atom. The number of rotatable bonds is 7. The van der Waals surface area contributed by atoms with Gasteiger partial charge in [0.1, 0.15) is 12.1 Å². The number of hydrogen-bond acceptors (Lipinski definition) is 7. The minimum Gasteiger partial charge on any atom is -0.340 e. The number of sulfonamides is 1. The van der Waals surface area contributed by atoms with Crippen molar-refractivity contribution in [3.8, 4) is 0 Å². The van der Waals surface area contributed by atoms with Crippen LogP contribution in [-0.4, -0.2) is 76.5 Å². The van der Waals surface area contributed by atoms with Crippen LogP contribution in [0.4, 0.5) is 0 Å². The lowest BCUT2D eigenvalue weighted by atomic mass is 10.0. The first kappa shape index (κ1) is 27.6. The first-order valence-corrected chi connectivity index (χ1v) is 14.6. The second-order valence-corrected chi connectivity index (χ2v) is 12.4. The van der Waals surface area contributed by atoms with Gasteiger partial charge in [0.25, 0.3) is 21.0 Å². The van der Waals surface area contributed by atoms with Gasteiger partial charge in [-0.2, -0.15) is 4.31 Å². The van der Waals surface area contributed by atoms with E-state index in [1.165, 1.54) is 23.2 Å². The van der Waals surface area contributed by atoms with E-state index >= 15 is 0 Å². The fourth-order valence-electron chi connectivity index (χ4n) is 5.54. The average Bonchev–Trinajstić information content (AvgIpc) is 3.53. The summed E-state index contributed by atoms with van der Waals surface area (Å²) in [4.78, 5) is 58.1. The number of amides is 2. The molecule has 40 heavy (non-hydrogen) atoms. The van der Waals surface area contributed by atoms with Gasteiger partial charge in [0.2, 0.25) is 5.91 Å². The average molecular weight is 563 g/mol. The summed E-state index contributed by atoms with van der Waals surface area (Å²) in [5.41, 5.74) is 0.306. The van der Waals surface area contributed by atoms with Crippen LogP contribution in [0.1, 0.15) is 47.4 Å². The molecule has 0 aliphatic carbocycles. The number of likely N-dealkylation sites (tertiary alicyclic amines) is 1. The van der Waals surface area contributed by atoms with Crippen LogP contribution in [-0.2, 0) is 19.6 Å². The highest BCUT2D eigenvalue weighted by atomic mass is 32.2. The number of aromatic nitrogens is 1. The molecule has 1 aromatic heterocycles. The van der Waals surface area contributed by atoms with Crippen molar-refractivity contribution in [3.63, 3.8) is 0 Å². The third-order valence-corrected chi connectivity index (χ3v) is 9.14. The topological polar surface area (TPSA) is 134 Å². The Labute approximate surface area is 232 Å². The molecule has 10 nitrogen and oxygen atoms in total. The Bertz CT molecular complexity index is 1590. The van der Waals surface area contributed by atoms with Gasteiger partial charge >= 0.3 is 0 Å². The molecule has 2 fully saturated rings. The van der Waals surface area contributed by atoms with E-state index in [2.05, 4.69) is 10.3 Å². The van der Waals surface area contributed by atoms with Gasteiger partial charge in [-0.25, -0.2) is 8.42 Å². The number of benzene rings is 2. The zero-order chi connectivity index (χ0) is 28.6. The van der Waals surface area contributed by atoms with Crippen LogP contribution in [0.3, 0.4) is 0 Å². The normalized spacial score (nSPS) is 20.1. The molecule has 3 unspecified atom stereocenters. The zero-order valence-corrected chi connectivity index (χ0v) is 23.0. The minimum atomic E-state index is -4.51. The number of carbonyl (C=O) groups excluding carboxylic acids is 4. The number of fused-ring (bicyclic) bond motifs is 2. The molecule has 5 rings (SSSR count). The number of Topliss-reactive ketones (excluding diaryl/α,β-unsaturated/α-hetero) is 1. The van der Waals surface area contributed by atoms with Crippen molar-refractivity contribution in [2.45, 2.75) is 44.8 Å². The summed E-state index contributed by atoms with van der Waals surface area (Å²) in [6.07, 6.45) is 3.12. The van der Waals surface area contributed by atoms with Gasteiger partial charge < -0.3 is 10.2 Å². The molecule has 3 atom stereocenters. The van der Waals surface area contributed by atoms with Crippen LogP contribution in [0.25, 0.3) is 10.8 Å². The minimum absolute atomic E-state index is 0.0533. The maximum atomic E-state index is 13.8. The predicted octanol–water partition coefficient (Wildman–Crippen LogP) is 2.40. The van der Waals surface area contributed by atoms with E-state index in [1.807, 2.05) is 44.2 Å². The molecule has 0 bridgehead atoms. The smallest absolute Gasteiger partial charge is 0.293 e. The van der Waals surface area contributed by atoms with Crippen LogP contribution >= 0.6 is 0 Å². The quantitative estimate of drug-likeness (QED) is 0.467. The van der Waals surface area contributed by atoms with E-state index in [0.29, 0.717) is 12.0 Å². The van der Waals surface area contributed by atoms with Gasteiger partial charge in [-0.3, -0.25) is 24.2 Å². The van der Waals surface area contributed by atoms with Gasteiger partial charge in [0.15, 0.2) is 5.78 Å². The van der Waals surface area contributed by atoms with E-state index in [4.69, 9.17) is 0 Å². The Kier molecular flexibility index (Phi) is 7.52. The fraction of sp³-hybridized carbons (Fsp3) is 0.345. The van der Waals surface area contributed by atoms with Gasteiger partial charge in [0.05, 0.1) is 18.2 Å². The molecule has 0 saturated carbocycles. The maximum Gasteiger partial charge on any atom is 0.293 e. The van der Waals surface area contributed by atoms with E-state index in [-0.39, 0.29) is 24.4 Å². The highest BCUT2D eigenvalue weighted by Crippen LogP contribution is 2.33. The van der Waals surface area contributed by atoms with Crippen LogP contribution < -0.4 is 5.32 Å². The number of ketones is 1. The summed E-state index contributed by atoms with van der Waals surface area (Å²) in [5, 5.41) is 3.58. The van der Waals surface area contributed by atoms with E-state index in [0.717, 1.165) is 21.3 Å². The number of hydrogen-bond donors (Lipinski definition) is 1. The van der Waals surface area contributed by atoms with Crippen molar-refractivity contribution in [1.29, 1.82) is 0 Å². The highest BCUT2D eigenvalue weighted by Gasteiger charge is 2.55. The Morgan fingerprint density at radius 1 is 1.02 bits per heavy atom. The number of carbonyl (C=O) groups is 4. The second-order valence-electron chi connectivity index (χ2n) is 10.6. The van der Waals surface area contributed by atoms with Crippen LogP contribution in [0, 0.1) is 5.92 Å². The van der Waals surface area contributed by atoms with Crippen molar-refractivity contribution >= 4 is 43.5 Å². The third-order valence-electron chi connectivity index (χ3n) is 7.42. The maximum absolute atomic E-state index is 13.8. The zero-order valence-electron chi connectivity index (χ0n) is 22.2. The number of pyridine rings is 1. The fourth-order valence-corrected chi connectivity index (χ4v) is 7.05. The Morgan fingerprint density at radius 2 is 1.77 bits per heavy atom. The van der Waals surface area contributed by atoms with E-state index in [9.17, 15) is 27.6 Å².